The normalized spacial score (nSPS) is 20.0. The van der Waals surface area contributed by atoms with Gasteiger partial charge in [-0.2, -0.15) is 10.1 Å². The summed E-state index contributed by atoms with van der Waals surface area (Å²) in [7, 11) is 3.14. The van der Waals surface area contributed by atoms with Crippen molar-refractivity contribution < 1.29 is 36.4 Å². The van der Waals surface area contributed by atoms with E-state index in [2.05, 4.69) is 105 Å². The molecule has 8 aromatic heterocycles. The number of methoxy groups -OCH3 is 2. The van der Waals surface area contributed by atoms with Gasteiger partial charge in [0.2, 0.25) is 5.89 Å². The van der Waals surface area contributed by atoms with Crippen LogP contribution in [0.4, 0.5) is 17.6 Å². The Hall–Kier alpha value is -10.8. The van der Waals surface area contributed by atoms with Gasteiger partial charge in [0, 0.05) is 106 Å². The number of halogens is 5. The summed E-state index contributed by atoms with van der Waals surface area (Å²) in [5.41, 5.74) is 14.6. The highest BCUT2D eigenvalue weighted by Crippen LogP contribution is 2.47. The van der Waals surface area contributed by atoms with Crippen LogP contribution >= 0.6 is 11.6 Å². The summed E-state index contributed by atoms with van der Waals surface area (Å²) in [6.07, 6.45) is 15.0. The number of nitrogens with zero attached hydrogens (tertiary/aromatic N) is 8. The summed E-state index contributed by atoms with van der Waals surface area (Å²) in [4.78, 5) is 54.4. The van der Waals surface area contributed by atoms with Gasteiger partial charge in [-0.25, -0.2) is 32.5 Å². The predicted octanol–water partition coefficient (Wildman–Crippen LogP) is 16.3. The number of rotatable bonds is 17. The van der Waals surface area contributed by atoms with Gasteiger partial charge in [0.05, 0.1) is 85.3 Å². The summed E-state index contributed by atoms with van der Waals surface area (Å²) in [6, 6.07) is 38.4. The molecule has 0 spiro atoms. The fourth-order valence-electron chi connectivity index (χ4n) is 16.3. The number of H-pyrrole nitrogens is 6. The smallest absolute Gasteiger partial charge is 0.305 e. The number of imidazole rings is 3. The van der Waals surface area contributed by atoms with Crippen molar-refractivity contribution in [1.29, 1.82) is 0 Å². The van der Waals surface area contributed by atoms with E-state index in [0.29, 0.717) is 41.9 Å². The molecule has 14 aromatic rings. The summed E-state index contributed by atoms with van der Waals surface area (Å²) < 4.78 is 71.9. The Balaban J connectivity index is 0.000000125. The Bertz CT molecular complexity index is 5550. The van der Waals surface area contributed by atoms with Crippen molar-refractivity contribution >= 4 is 50.3 Å². The van der Waals surface area contributed by atoms with Crippen LogP contribution in [0.3, 0.4) is 0 Å². The van der Waals surface area contributed by atoms with Crippen LogP contribution in [0.1, 0.15) is 152 Å². The van der Waals surface area contributed by atoms with Gasteiger partial charge in [0.25, 0.3) is 0 Å². The van der Waals surface area contributed by atoms with Crippen molar-refractivity contribution in [2.45, 2.75) is 120 Å². The number of likely N-dealkylation sites (tertiary alicyclic amines) is 1. The minimum Gasteiger partial charge on any atom is -0.469 e. The Morgan fingerprint density at radius 1 is 0.661 bits per heavy atom. The number of hydrogen-bond acceptors (Lipinski definition) is 14. The number of para-hydroxylation sites is 1. The van der Waals surface area contributed by atoms with E-state index in [1.165, 1.54) is 66.4 Å². The maximum Gasteiger partial charge on any atom is 0.305 e. The van der Waals surface area contributed by atoms with E-state index in [0.717, 1.165) is 158 Å². The summed E-state index contributed by atoms with van der Waals surface area (Å²) in [5, 5.41) is 24.5. The number of aromatic nitrogens is 13. The van der Waals surface area contributed by atoms with Crippen molar-refractivity contribution in [2.24, 2.45) is 5.92 Å². The van der Waals surface area contributed by atoms with Crippen molar-refractivity contribution in [3.8, 4) is 33.8 Å². The van der Waals surface area contributed by atoms with Crippen molar-refractivity contribution in [2.75, 3.05) is 40.5 Å². The molecule has 0 amide bonds. The van der Waals surface area contributed by atoms with Crippen molar-refractivity contribution in [3.63, 3.8) is 0 Å². The van der Waals surface area contributed by atoms with Gasteiger partial charge < -0.3 is 48.8 Å². The van der Waals surface area contributed by atoms with E-state index in [9.17, 15) is 22.4 Å². The molecule has 0 aliphatic carbocycles. The Kier molecular flexibility index (Phi) is 20.1. The molecule has 9 N–H and O–H groups in total. The number of carbonyl (C=O) groups is 1. The molecule has 26 heteroatoms. The zero-order valence-electron chi connectivity index (χ0n) is 61.1. The molecule has 1 fully saturated rings. The minimum absolute atomic E-state index is 0.00716. The van der Waals surface area contributed by atoms with E-state index in [-0.39, 0.29) is 65.9 Å². The summed E-state index contributed by atoms with van der Waals surface area (Å²) in [5.74, 6) is 2.50. The molecule has 6 aromatic carbocycles. The quantitative estimate of drug-likeness (QED) is 0.0303. The molecule has 12 heterocycles. The molecule has 18 rings (SSSR count). The molecule has 0 radical (unpaired) electrons. The van der Waals surface area contributed by atoms with E-state index >= 15 is 0 Å². The Labute approximate surface area is 630 Å². The first-order valence-electron chi connectivity index (χ1n) is 36.9. The van der Waals surface area contributed by atoms with E-state index in [1.54, 1.807) is 62.7 Å². The molecule has 109 heavy (non-hydrogen) atoms. The molecule has 0 saturated carbocycles. The van der Waals surface area contributed by atoms with E-state index in [1.807, 2.05) is 59.7 Å². The van der Waals surface area contributed by atoms with Crippen LogP contribution in [-0.4, -0.2) is 116 Å². The number of aryl methyl sites for hydroxylation is 1. The number of esters is 1. The highest BCUT2D eigenvalue weighted by Gasteiger charge is 2.48. The van der Waals surface area contributed by atoms with Gasteiger partial charge in [-0.05, 0) is 221 Å². The molecule has 560 valence electrons. The molecule has 21 nitrogen and oxygen atoms in total. The first-order chi connectivity index (χ1) is 52.9. The lowest BCUT2D eigenvalue weighted by molar-refractivity contribution is -0.140. The number of aromatic amines is 6. The van der Waals surface area contributed by atoms with Crippen LogP contribution in [0.25, 0.3) is 66.5 Å². The van der Waals surface area contributed by atoms with Gasteiger partial charge >= 0.3 is 5.97 Å². The lowest BCUT2D eigenvalue weighted by Gasteiger charge is -2.40. The third-order valence-electron chi connectivity index (χ3n) is 21.9. The molecular formula is C83H84ClF4N17O4. The molecule has 3 unspecified atom stereocenters. The van der Waals surface area contributed by atoms with Gasteiger partial charge in [-0.15, -0.1) is 0 Å². The maximum absolute atomic E-state index is 14.0. The van der Waals surface area contributed by atoms with Gasteiger partial charge in [-0.1, -0.05) is 41.0 Å². The zero-order chi connectivity index (χ0) is 75.2. The van der Waals surface area contributed by atoms with Crippen LogP contribution in [0.2, 0.25) is 5.02 Å². The molecular weight excluding hydrogens is 1410 g/mol. The molecule has 1 saturated heterocycles. The standard InChI is InChI=1S/C28H31F2N5O.C28H27FN6O3.C27H26ClFN6/c1-36-13-12-35-10-8-18(9-11-35)26-27-22(21-7-6-20(30)14-23(21)32-27)15-24(33-26)28-31-16-25(34-28)17-2-4-19(29)5-3-17;1-16-31-27(35-38-16)28(13-5-8-24(36)37-2)25-20(19-6-3-4-7-21(19)32-25)14-22(34-28)26-30-15-23(33-26)17-9-11-18(29)12-10-17;1-15(2)35-14-17(12-31-35)24-25-21(20-9-6-18(28)10-22(20)32-25)11-27(3,34-24)26-30-13-23(33-26)16-4-7-19(29)8-5-16/h2-7,14,16,18,24,26,32-33H,8-13,15H2,1H3,(H,31,34);3-4,6-7,9-12,15,22,32,34H,5,8,13-14H2,1-2H3,(H,30,33);4-10,12-15,24,32,34H,11H2,1-3H3,(H,30,33)/t24-,26?;22-,28?;24?,27-/m111/s1. The monoisotopic (exact) mass is 1490 g/mol. The first-order valence-corrected chi connectivity index (χ1v) is 37.3. The number of carbonyl (C=O) groups excluding carboxylic acids is 1. The van der Waals surface area contributed by atoms with Crippen molar-refractivity contribution in [3.05, 3.63) is 261 Å². The van der Waals surface area contributed by atoms with Crippen LogP contribution in [-0.2, 0) is 44.6 Å². The van der Waals surface area contributed by atoms with E-state index < -0.39 is 11.1 Å². The summed E-state index contributed by atoms with van der Waals surface area (Å²) in [6.45, 7) is 11.9. The highest BCUT2D eigenvalue weighted by molar-refractivity contribution is 6.31. The lowest BCUT2D eigenvalue weighted by atomic mass is 9.79. The number of nitrogens with one attached hydrogen (secondary N) is 9. The Morgan fingerprint density at radius 3 is 1.92 bits per heavy atom. The fourth-order valence-corrected chi connectivity index (χ4v) is 16.5. The SMILES string of the molecule is CC(C)n1cc(C2N[C@@](C)(c3ncc(-c4ccc(F)cc4)[nH]3)Cc3c2[nH]c2cc(Cl)ccc32)cn1.COC(=O)CCCC1(c2noc(C)n2)N[C@@H](c2ncc(-c3ccc(F)cc3)[nH]2)Cc2c1[nH]c1ccccc21.COCCN1CCC(C2N[C@@H](c3ncc(-c4ccc(F)cc4)[nH]3)Cc3c2[nH]c2cc(F)ccc32)CC1. The minimum atomic E-state index is -0.869. The van der Waals surface area contributed by atoms with Crippen molar-refractivity contribution in [1.82, 2.24) is 85.6 Å². The molecule has 4 aliphatic heterocycles. The number of hydrogen-bond donors (Lipinski definition) is 9. The molecule has 6 atom stereocenters. The largest absolute Gasteiger partial charge is 0.469 e. The zero-order valence-corrected chi connectivity index (χ0v) is 61.9. The third-order valence-corrected chi connectivity index (χ3v) is 22.2. The number of piperidine rings is 1. The Morgan fingerprint density at radius 2 is 1.27 bits per heavy atom. The van der Waals surface area contributed by atoms with Crippen LogP contribution in [0.5, 0.6) is 0 Å². The van der Waals surface area contributed by atoms with Gasteiger partial charge in [0.15, 0.2) is 5.82 Å². The van der Waals surface area contributed by atoms with E-state index in [4.69, 9.17) is 40.5 Å². The predicted molar refractivity (Wildman–Crippen MR) is 409 cm³/mol. The second kappa shape index (κ2) is 30.3. The second-order valence-corrected chi connectivity index (χ2v) is 29.8. The maximum atomic E-state index is 14.0. The molecule has 0 bridgehead atoms. The van der Waals surface area contributed by atoms with Gasteiger partial charge in [0.1, 0.15) is 46.3 Å². The highest BCUT2D eigenvalue weighted by atomic mass is 35.5. The van der Waals surface area contributed by atoms with Crippen LogP contribution in [0.15, 0.2) is 169 Å². The summed E-state index contributed by atoms with van der Waals surface area (Å²) >= 11 is 6.31. The van der Waals surface area contributed by atoms with Gasteiger partial charge in [-0.3, -0.25) is 25.4 Å². The topological polar surface area (TPSA) is 265 Å². The van der Waals surface area contributed by atoms with Crippen LogP contribution in [0, 0.1) is 36.1 Å². The second-order valence-electron chi connectivity index (χ2n) is 29.3. The average molecular weight is 1500 g/mol. The third kappa shape index (κ3) is 14.7. The fraction of sp³-hybridized carbons (Fsp3) is 0.313. The number of ether oxygens (including phenoxy) is 2. The van der Waals surface area contributed by atoms with Crippen LogP contribution < -0.4 is 16.0 Å². The average Bonchev–Trinajstić information content (AvgIpc) is 1.60. The lowest BCUT2D eigenvalue weighted by Crippen LogP contribution is -2.51. The first kappa shape index (κ1) is 72.4. The number of fused-ring (bicyclic) bond motifs is 9. The molecule has 4 aliphatic rings. The number of benzene rings is 6.